The fraction of sp³-hybridized carbons (Fsp3) is 0.300. The van der Waals surface area contributed by atoms with Gasteiger partial charge in [-0.2, -0.15) is 0 Å². The first-order valence-corrected chi connectivity index (χ1v) is 12.5. The van der Waals surface area contributed by atoms with Crippen molar-refractivity contribution in [3.05, 3.63) is 63.5 Å². The molecule has 0 amide bonds. The maximum atomic E-state index is 12.9. The monoisotopic (exact) mass is 449 g/mol. The lowest BCUT2D eigenvalue weighted by atomic mass is 10.0. The minimum atomic E-state index is -3.43. The van der Waals surface area contributed by atoms with E-state index in [1.165, 1.54) is 22.7 Å². The van der Waals surface area contributed by atoms with Crippen molar-refractivity contribution in [1.29, 1.82) is 0 Å². The number of hydrogen-bond acceptors (Lipinski definition) is 7. The average molecular weight is 450 g/mol. The third kappa shape index (κ3) is 5.30. The summed E-state index contributed by atoms with van der Waals surface area (Å²) >= 11 is 2.53. The molecular weight excluding hydrogens is 426 g/mol. The maximum absolute atomic E-state index is 12.9. The summed E-state index contributed by atoms with van der Waals surface area (Å²) in [6.07, 6.45) is 1.40. The third-order valence-electron chi connectivity index (χ3n) is 4.33. The summed E-state index contributed by atoms with van der Waals surface area (Å²) < 4.78 is 27.0. The summed E-state index contributed by atoms with van der Waals surface area (Å²) in [5, 5.41) is 5.59. The van der Waals surface area contributed by atoms with E-state index in [1.807, 2.05) is 38.1 Å². The van der Waals surface area contributed by atoms with Crippen molar-refractivity contribution in [3.63, 3.8) is 0 Å². The Morgan fingerprint density at radius 1 is 1.14 bits per heavy atom. The molecule has 0 atom stereocenters. The Balaban J connectivity index is 1.55. The molecule has 154 valence electrons. The largest absolute Gasteiger partial charge is 0.361 e. The van der Waals surface area contributed by atoms with E-state index in [1.54, 1.807) is 17.5 Å². The summed E-state index contributed by atoms with van der Waals surface area (Å²) in [7, 11) is -3.43. The van der Waals surface area contributed by atoms with Gasteiger partial charge in [0.15, 0.2) is 5.13 Å². The number of carbonyl (C=O) groups excluding carboxylic acids is 1. The number of ketones is 1. The van der Waals surface area contributed by atoms with Gasteiger partial charge in [0.1, 0.15) is 4.21 Å². The predicted octanol–water partition coefficient (Wildman–Crippen LogP) is 4.09. The topological polar surface area (TPSA) is 88.2 Å². The van der Waals surface area contributed by atoms with E-state index in [0.717, 1.165) is 17.5 Å². The number of thiazole rings is 1. The van der Waals surface area contributed by atoms with E-state index >= 15 is 0 Å². The van der Waals surface area contributed by atoms with E-state index in [-0.39, 0.29) is 5.78 Å². The predicted molar refractivity (Wildman–Crippen MR) is 119 cm³/mol. The zero-order valence-corrected chi connectivity index (χ0v) is 18.7. The van der Waals surface area contributed by atoms with Crippen LogP contribution in [0.25, 0.3) is 0 Å². The Morgan fingerprint density at radius 3 is 2.66 bits per heavy atom. The van der Waals surface area contributed by atoms with Crippen LogP contribution < -0.4 is 10.0 Å². The van der Waals surface area contributed by atoms with Crippen molar-refractivity contribution in [3.8, 4) is 0 Å². The molecule has 6 nitrogen and oxygen atoms in total. The molecule has 2 N–H and O–H groups in total. The first kappa shape index (κ1) is 21.6. The van der Waals surface area contributed by atoms with Gasteiger partial charge in [-0.05, 0) is 36.8 Å². The molecule has 3 rings (SSSR count). The number of rotatable bonds is 10. The number of sulfonamides is 1. The molecule has 2 aromatic heterocycles. The van der Waals surface area contributed by atoms with Crippen molar-refractivity contribution in [2.24, 2.45) is 0 Å². The molecule has 9 heteroatoms. The van der Waals surface area contributed by atoms with Crippen LogP contribution >= 0.6 is 22.7 Å². The highest BCUT2D eigenvalue weighted by atomic mass is 32.2. The van der Waals surface area contributed by atoms with Crippen molar-refractivity contribution in [2.75, 3.05) is 18.4 Å². The number of anilines is 1. The number of aromatic nitrogens is 1. The summed E-state index contributed by atoms with van der Waals surface area (Å²) in [6.45, 7) is 4.75. The number of thiophene rings is 1. The van der Waals surface area contributed by atoms with E-state index in [0.29, 0.717) is 39.4 Å². The molecule has 1 aromatic carbocycles. The Bertz CT molecular complexity index is 1070. The zero-order valence-electron chi connectivity index (χ0n) is 16.3. The molecule has 0 spiro atoms. The molecule has 0 saturated heterocycles. The van der Waals surface area contributed by atoms with Gasteiger partial charge in [0.05, 0.1) is 10.6 Å². The van der Waals surface area contributed by atoms with Gasteiger partial charge in [-0.1, -0.05) is 48.6 Å². The smallest absolute Gasteiger partial charge is 0.250 e. The van der Waals surface area contributed by atoms with Gasteiger partial charge < -0.3 is 5.32 Å². The molecule has 0 aliphatic rings. The summed E-state index contributed by atoms with van der Waals surface area (Å²) in [6, 6.07) is 10.9. The number of hydrogen-bond donors (Lipinski definition) is 2. The molecular formula is C20H23N3O3S3. The third-order valence-corrected chi connectivity index (χ3v) is 8.30. The second-order valence-corrected chi connectivity index (χ2v) is 10.3. The van der Waals surface area contributed by atoms with Gasteiger partial charge in [0.25, 0.3) is 0 Å². The zero-order chi connectivity index (χ0) is 20.9. The van der Waals surface area contributed by atoms with Crippen molar-refractivity contribution in [1.82, 2.24) is 9.71 Å². The van der Waals surface area contributed by atoms with E-state index in [2.05, 4.69) is 15.0 Å². The van der Waals surface area contributed by atoms with Crippen molar-refractivity contribution >= 4 is 43.6 Å². The first-order chi connectivity index (χ1) is 13.9. The van der Waals surface area contributed by atoms with Crippen LogP contribution in [0, 0.1) is 6.92 Å². The molecule has 0 fully saturated rings. The van der Waals surface area contributed by atoms with Gasteiger partial charge in [-0.25, -0.2) is 18.1 Å². The SMILES string of the molecule is CCc1ccccc1C(=O)c1sc(NCCCNS(=O)(=O)c2cccs2)nc1C. The standard InChI is InChI=1S/C20H23N3O3S3/c1-3-15-8-4-5-9-16(15)18(24)19-14(2)23-20(28-19)21-11-7-12-22-29(25,26)17-10-6-13-27-17/h4-6,8-10,13,22H,3,7,11-12H2,1-2H3,(H,21,23). The second kappa shape index (κ2) is 9.62. The summed E-state index contributed by atoms with van der Waals surface area (Å²) in [4.78, 5) is 18.0. The second-order valence-electron chi connectivity index (χ2n) is 6.38. The Hall–Kier alpha value is -2.07. The van der Waals surface area contributed by atoms with Gasteiger partial charge in [0.2, 0.25) is 15.8 Å². The molecule has 0 unspecified atom stereocenters. The number of aryl methyl sites for hydroxylation is 2. The van der Waals surface area contributed by atoms with Crippen molar-refractivity contribution < 1.29 is 13.2 Å². The highest BCUT2D eigenvalue weighted by Crippen LogP contribution is 2.26. The average Bonchev–Trinajstić information content (AvgIpc) is 3.37. The minimum absolute atomic E-state index is 0.00536. The van der Waals surface area contributed by atoms with Crippen LogP contribution in [-0.2, 0) is 16.4 Å². The van der Waals surface area contributed by atoms with E-state index in [9.17, 15) is 13.2 Å². The molecule has 3 aromatic rings. The Labute approximate surface area is 179 Å². The van der Waals surface area contributed by atoms with Gasteiger partial charge in [-0.15, -0.1) is 11.3 Å². The van der Waals surface area contributed by atoms with Gasteiger partial charge in [0, 0.05) is 18.7 Å². The van der Waals surface area contributed by atoms with Crippen LogP contribution in [0.5, 0.6) is 0 Å². The lowest BCUT2D eigenvalue weighted by molar-refractivity contribution is 0.104. The van der Waals surface area contributed by atoms with Crippen LogP contribution in [0.1, 0.15) is 39.8 Å². The van der Waals surface area contributed by atoms with E-state index in [4.69, 9.17) is 0 Å². The van der Waals surface area contributed by atoms with Crippen molar-refractivity contribution in [2.45, 2.75) is 30.9 Å². The number of carbonyl (C=O) groups is 1. The quantitative estimate of drug-likeness (QED) is 0.360. The number of nitrogens with one attached hydrogen (secondary N) is 2. The Morgan fingerprint density at radius 2 is 1.93 bits per heavy atom. The number of benzene rings is 1. The lowest BCUT2D eigenvalue weighted by Crippen LogP contribution is -2.25. The fourth-order valence-electron chi connectivity index (χ4n) is 2.83. The van der Waals surface area contributed by atoms with Crippen LogP contribution in [0.3, 0.4) is 0 Å². The van der Waals surface area contributed by atoms with Gasteiger partial charge >= 0.3 is 0 Å². The van der Waals surface area contributed by atoms with Crippen LogP contribution in [0.2, 0.25) is 0 Å². The maximum Gasteiger partial charge on any atom is 0.250 e. The summed E-state index contributed by atoms with van der Waals surface area (Å²) in [5.74, 6) is -0.00536. The highest BCUT2D eigenvalue weighted by Gasteiger charge is 2.19. The summed E-state index contributed by atoms with van der Waals surface area (Å²) in [5.41, 5.74) is 2.45. The normalized spacial score (nSPS) is 11.5. The molecule has 0 bridgehead atoms. The van der Waals surface area contributed by atoms with E-state index < -0.39 is 10.0 Å². The Kier molecular flexibility index (Phi) is 7.18. The molecule has 0 aliphatic carbocycles. The first-order valence-electron chi connectivity index (χ1n) is 9.29. The molecule has 0 saturated carbocycles. The minimum Gasteiger partial charge on any atom is -0.361 e. The number of nitrogens with zero attached hydrogens (tertiary/aromatic N) is 1. The molecule has 0 aliphatic heterocycles. The lowest BCUT2D eigenvalue weighted by Gasteiger charge is -2.05. The van der Waals surface area contributed by atoms with Crippen LogP contribution in [0.15, 0.2) is 46.0 Å². The molecule has 29 heavy (non-hydrogen) atoms. The van der Waals surface area contributed by atoms with Gasteiger partial charge in [-0.3, -0.25) is 4.79 Å². The molecule has 0 radical (unpaired) electrons. The van der Waals surface area contributed by atoms with Crippen LogP contribution in [-0.4, -0.2) is 32.3 Å². The highest BCUT2D eigenvalue weighted by molar-refractivity contribution is 7.91. The fourth-order valence-corrected chi connectivity index (χ4v) is 5.89. The van der Waals surface area contributed by atoms with Crippen LogP contribution in [0.4, 0.5) is 5.13 Å². The molecule has 2 heterocycles.